The number of carbonyl (C=O) groups is 1. The largest absolute Gasteiger partial charge is 0.454 e. The van der Waals surface area contributed by atoms with Crippen LogP contribution >= 0.6 is 11.8 Å². The molecule has 0 spiro atoms. The molecule has 1 unspecified atom stereocenters. The Balaban J connectivity index is 1.61. The van der Waals surface area contributed by atoms with Gasteiger partial charge in [0, 0.05) is 17.3 Å². The van der Waals surface area contributed by atoms with E-state index in [2.05, 4.69) is 22.4 Å². The zero-order chi connectivity index (χ0) is 20.9. The summed E-state index contributed by atoms with van der Waals surface area (Å²) >= 11 is 1.37. The zero-order valence-electron chi connectivity index (χ0n) is 17.0. The quantitative estimate of drug-likeness (QED) is 0.550. The van der Waals surface area contributed by atoms with Gasteiger partial charge in [-0.15, -0.1) is 10.2 Å². The summed E-state index contributed by atoms with van der Waals surface area (Å²) in [5.74, 6) is 2.36. The Kier molecular flexibility index (Phi) is 6.23. The van der Waals surface area contributed by atoms with Crippen LogP contribution in [0.15, 0.2) is 53.7 Å². The number of fused-ring (bicyclic) bond motifs is 1. The third-order valence-electron chi connectivity index (χ3n) is 4.74. The summed E-state index contributed by atoms with van der Waals surface area (Å²) in [6, 6.07) is 15.8. The molecule has 7 nitrogen and oxygen atoms in total. The number of rotatable bonds is 8. The van der Waals surface area contributed by atoms with Crippen LogP contribution in [0.5, 0.6) is 11.5 Å². The highest BCUT2D eigenvalue weighted by Gasteiger charge is 2.20. The number of nitrogens with zero attached hydrogens (tertiary/aromatic N) is 3. The van der Waals surface area contributed by atoms with Crippen LogP contribution in [-0.2, 0) is 4.79 Å². The van der Waals surface area contributed by atoms with Gasteiger partial charge >= 0.3 is 0 Å². The number of ether oxygens (including phenoxy) is 2. The Bertz CT molecular complexity index is 1020. The molecular weight excluding hydrogens is 400 g/mol. The predicted molar refractivity (Wildman–Crippen MR) is 116 cm³/mol. The van der Waals surface area contributed by atoms with Crippen molar-refractivity contribution in [2.75, 3.05) is 12.5 Å². The lowest BCUT2D eigenvalue weighted by Gasteiger charge is -2.13. The average molecular weight is 425 g/mol. The van der Waals surface area contributed by atoms with Crippen LogP contribution in [0.3, 0.4) is 0 Å². The van der Waals surface area contributed by atoms with Gasteiger partial charge in [-0.25, -0.2) is 0 Å². The third-order valence-corrected chi connectivity index (χ3v) is 5.67. The molecule has 1 N–H and O–H groups in total. The number of thioether (sulfide) groups is 1. The van der Waals surface area contributed by atoms with Crippen LogP contribution < -0.4 is 14.8 Å². The average Bonchev–Trinajstić information content (AvgIpc) is 3.39. The Labute approximate surface area is 179 Å². The fourth-order valence-corrected chi connectivity index (χ4v) is 4.11. The molecule has 156 valence electrons. The van der Waals surface area contributed by atoms with Crippen LogP contribution in [-0.4, -0.2) is 39.3 Å². The molecule has 0 radical (unpaired) electrons. The minimum atomic E-state index is -0.00630. The van der Waals surface area contributed by atoms with Gasteiger partial charge in [0.15, 0.2) is 22.5 Å². The first kappa shape index (κ1) is 20.3. The summed E-state index contributed by atoms with van der Waals surface area (Å²) in [6.45, 7) is 4.35. The van der Waals surface area contributed by atoms with Crippen molar-refractivity contribution in [1.82, 2.24) is 20.1 Å². The fraction of sp³-hybridized carbons (Fsp3) is 0.318. The molecule has 0 fully saturated rings. The van der Waals surface area contributed by atoms with E-state index < -0.39 is 0 Å². The molecule has 1 amide bonds. The van der Waals surface area contributed by atoms with Crippen molar-refractivity contribution < 1.29 is 14.3 Å². The van der Waals surface area contributed by atoms with Crippen molar-refractivity contribution in [2.45, 2.75) is 37.9 Å². The maximum atomic E-state index is 12.3. The number of hydrogen-bond donors (Lipinski definition) is 1. The Morgan fingerprint density at radius 3 is 2.77 bits per heavy atom. The van der Waals surface area contributed by atoms with Crippen LogP contribution in [0.1, 0.15) is 26.7 Å². The van der Waals surface area contributed by atoms with E-state index in [4.69, 9.17) is 9.47 Å². The first-order chi connectivity index (χ1) is 14.7. The maximum Gasteiger partial charge on any atom is 0.231 e. The van der Waals surface area contributed by atoms with Gasteiger partial charge < -0.3 is 14.8 Å². The SMILES string of the molecule is CCCC(C)NC(=O)CSc1nnc(-c2ccc3c(c2)OCO3)n1-c1ccccc1. The highest BCUT2D eigenvalue weighted by Crippen LogP contribution is 2.37. The summed E-state index contributed by atoms with van der Waals surface area (Å²) in [5.41, 5.74) is 1.79. The zero-order valence-corrected chi connectivity index (χ0v) is 17.8. The van der Waals surface area contributed by atoms with Crippen LogP contribution in [0.4, 0.5) is 0 Å². The van der Waals surface area contributed by atoms with Crippen molar-refractivity contribution in [3.05, 3.63) is 48.5 Å². The Morgan fingerprint density at radius 2 is 1.97 bits per heavy atom. The summed E-state index contributed by atoms with van der Waals surface area (Å²) in [4.78, 5) is 12.3. The molecule has 2 heterocycles. The molecular formula is C22H24N4O3S. The monoisotopic (exact) mass is 424 g/mol. The maximum absolute atomic E-state index is 12.3. The van der Waals surface area contributed by atoms with Crippen molar-refractivity contribution in [1.29, 1.82) is 0 Å². The number of carbonyl (C=O) groups excluding carboxylic acids is 1. The van der Waals surface area contributed by atoms with Gasteiger partial charge in [0.2, 0.25) is 12.7 Å². The summed E-state index contributed by atoms with van der Waals surface area (Å²) < 4.78 is 12.9. The lowest BCUT2D eigenvalue weighted by molar-refractivity contribution is -0.119. The van der Waals surface area contributed by atoms with Gasteiger partial charge in [-0.2, -0.15) is 0 Å². The van der Waals surface area contributed by atoms with E-state index in [9.17, 15) is 4.79 Å². The topological polar surface area (TPSA) is 78.3 Å². The lowest BCUT2D eigenvalue weighted by atomic mass is 10.2. The molecule has 1 aliphatic heterocycles. The Morgan fingerprint density at radius 1 is 1.17 bits per heavy atom. The summed E-state index contributed by atoms with van der Waals surface area (Å²) in [5, 5.41) is 12.5. The molecule has 2 aromatic carbocycles. The number of benzene rings is 2. The van der Waals surface area contributed by atoms with E-state index in [-0.39, 0.29) is 24.5 Å². The molecule has 1 aliphatic rings. The van der Waals surface area contributed by atoms with Gasteiger partial charge in [-0.3, -0.25) is 9.36 Å². The second-order valence-electron chi connectivity index (χ2n) is 7.09. The van der Waals surface area contributed by atoms with Crippen molar-refractivity contribution in [3.8, 4) is 28.6 Å². The highest BCUT2D eigenvalue weighted by molar-refractivity contribution is 7.99. The number of hydrogen-bond acceptors (Lipinski definition) is 6. The molecule has 0 saturated heterocycles. The molecule has 8 heteroatoms. The van der Waals surface area contributed by atoms with E-state index in [1.807, 2.05) is 60.0 Å². The van der Waals surface area contributed by atoms with Crippen molar-refractivity contribution in [2.24, 2.45) is 0 Å². The molecule has 30 heavy (non-hydrogen) atoms. The fourth-order valence-electron chi connectivity index (χ4n) is 3.35. The van der Waals surface area contributed by atoms with Gasteiger partial charge in [-0.05, 0) is 43.7 Å². The van der Waals surface area contributed by atoms with Crippen molar-refractivity contribution >= 4 is 17.7 Å². The molecule has 1 atom stereocenters. The van der Waals surface area contributed by atoms with Gasteiger partial charge in [0.1, 0.15) is 0 Å². The van der Waals surface area contributed by atoms with E-state index in [0.717, 1.165) is 29.8 Å². The number of nitrogens with one attached hydrogen (secondary N) is 1. The number of para-hydroxylation sites is 1. The summed E-state index contributed by atoms with van der Waals surface area (Å²) in [6.07, 6.45) is 2.00. The van der Waals surface area contributed by atoms with Crippen LogP contribution in [0.25, 0.3) is 17.1 Å². The smallest absolute Gasteiger partial charge is 0.231 e. The minimum Gasteiger partial charge on any atom is -0.454 e. The highest BCUT2D eigenvalue weighted by atomic mass is 32.2. The third kappa shape index (κ3) is 4.43. The minimum absolute atomic E-state index is 0.00630. The molecule has 0 aliphatic carbocycles. The van der Waals surface area contributed by atoms with Gasteiger partial charge in [-0.1, -0.05) is 43.3 Å². The molecule has 0 saturated carbocycles. The summed E-state index contributed by atoms with van der Waals surface area (Å²) in [7, 11) is 0. The van der Waals surface area contributed by atoms with Crippen LogP contribution in [0.2, 0.25) is 0 Å². The first-order valence-corrected chi connectivity index (χ1v) is 11.0. The standard InChI is InChI=1S/C22H24N4O3S/c1-3-7-15(2)23-20(27)13-30-22-25-24-21(26(22)17-8-5-4-6-9-17)16-10-11-18-19(12-16)29-14-28-18/h4-6,8-12,15H,3,7,13-14H2,1-2H3,(H,23,27). The first-order valence-electron chi connectivity index (χ1n) is 9.98. The Hall–Kier alpha value is -3.00. The normalized spacial score (nSPS) is 13.3. The van der Waals surface area contributed by atoms with E-state index in [0.29, 0.717) is 16.7 Å². The number of aromatic nitrogens is 3. The number of amides is 1. The molecule has 4 rings (SSSR count). The molecule has 1 aromatic heterocycles. The second-order valence-corrected chi connectivity index (χ2v) is 8.03. The van der Waals surface area contributed by atoms with E-state index in [1.54, 1.807) is 0 Å². The van der Waals surface area contributed by atoms with Gasteiger partial charge in [0.25, 0.3) is 0 Å². The molecule has 0 bridgehead atoms. The molecule has 3 aromatic rings. The second kappa shape index (κ2) is 9.21. The lowest BCUT2D eigenvalue weighted by Crippen LogP contribution is -2.33. The van der Waals surface area contributed by atoms with Crippen LogP contribution in [0, 0.1) is 0 Å². The predicted octanol–water partition coefficient (Wildman–Crippen LogP) is 4.06. The van der Waals surface area contributed by atoms with Crippen molar-refractivity contribution in [3.63, 3.8) is 0 Å². The van der Waals surface area contributed by atoms with E-state index >= 15 is 0 Å². The van der Waals surface area contributed by atoms with Gasteiger partial charge in [0.05, 0.1) is 5.75 Å². The van der Waals surface area contributed by atoms with E-state index in [1.165, 1.54) is 11.8 Å².